The lowest BCUT2D eigenvalue weighted by Gasteiger charge is -2.16. The van der Waals surface area contributed by atoms with E-state index in [-0.39, 0.29) is 24.0 Å². The molecule has 0 bridgehead atoms. The van der Waals surface area contributed by atoms with Gasteiger partial charge in [-0.15, -0.1) is 24.0 Å². The summed E-state index contributed by atoms with van der Waals surface area (Å²) in [4.78, 5) is 4.64. The van der Waals surface area contributed by atoms with Crippen LogP contribution in [0, 0.1) is 0 Å². The Balaban J connectivity index is 0.00000529. The fourth-order valence-electron chi connectivity index (χ4n) is 1.97. The Hall–Kier alpha value is -1.18. The van der Waals surface area contributed by atoms with E-state index in [1.165, 1.54) is 0 Å². The molecule has 0 aliphatic heterocycles. The smallest absolute Gasteiger partial charge is 0.191 e. The van der Waals surface area contributed by atoms with Crippen LogP contribution >= 0.6 is 24.0 Å². The SMILES string of the molecule is CCCOc1ccc(CN=C(NCC)NC(C)CC)cc1OC.I. The molecule has 2 N–H and O–H groups in total. The van der Waals surface area contributed by atoms with Gasteiger partial charge in [0.2, 0.25) is 0 Å². The van der Waals surface area contributed by atoms with E-state index in [2.05, 4.69) is 43.3 Å². The highest BCUT2D eigenvalue weighted by molar-refractivity contribution is 14.0. The molecule has 138 valence electrons. The minimum Gasteiger partial charge on any atom is -0.493 e. The minimum absolute atomic E-state index is 0. The zero-order valence-corrected chi connectivity index (χ0v) is 17.8. The lowest BCUT2D eigenvalue weighted by atomic mass is 10.2. The Morgan fingerprint density at radius 2 is 1.96 bits per heavy atom. The number of halogens is 1. The van der Waals surface area contributed by atoms with Crippen LogP contribution in [0.4, 0.5) is 0 Å². The van der Waals surface area contributed by atoms with E-state index in [4.69, 9.17) is 9.47 Å². The number of hydrogen-bond donors (Lipinski definition) is 2. The van der Waals surface area contributed by atoms with Crippen LogP contribution in [0.3, 0.4) is 0 Å². The van der Waals surface area contributed by atoms with Gasteiger partial charge < -0.3 is 20.1 Å². The second kappa shape index (κ2) is 13.1. The normalized spacial score (nSPS) is 12.1. The van der Waals surface area contributed by atoms with Crippen LogP contribution in [0.2, 0.25) is 0 Å². The molecule has 0 aliphatic carbocycles. The third-order valence-electron chi connectivity index (χ3n) is 3.45. The van der Waals surface area contributed by atoms with Gasteiger partial charge in [-0.05, 0) is 44.4 Å². The van der Waals surface area contributed by atoms with E-state index >= 15 is 0 Å². The van der Waals surface area contributed by atoms with Crippen molar-refractivity contribution in [2.75, 3.05) is 20.3 Å². The predicted molar refractivity (Wildman–Crippen MR) is 112 cm³/mol. The molecule has 0 fully saturated rings. The number of aliphatic imine (C=N–C) groups is 1. The maximum absolute atomic E-state index is 5.68. The van der Waals surface area contributed by atoms with Crippen molar-refractivity contribution in [3.8, 4) is 11.5 Å². The monoisotopic (exact) mass is 449 g/mol. The molecule has 1 rings (SSSR count). The van der Waals surface area contributed by atoms with E-state index < -0.39 is 0 Å². The standard InChI is InChI=1S/C18H31N3O2.HI/c1-6-11-23-16-10-9-15(12-17(16)22-5)13-20-18(19-8-3)21-14(4)7-2;/h9-10,12,14H,6-8,11,13H2,1-5H3,(H2,19,20,21);1H. The quantitative estimate of drug-likeness (QED) is 0.341. The summed E-state index contributed by atoms with van der Waals surface area (Å²) in [5.41, 5.74) is 1.09. The predicted octanol–water partition coefficient (Wildman–Crippen LogP) is 3.96. The largest absolute Gasteiger partial charge is 0.493 e. The molecule has 0 heterocycles. The summed E-state index contributed by atoms with van der Waals surface area (Å²) in [6, 6.07) is 6.37. The molecule has 5 nitrogen and oxygen atoms in total. The van der Waals surface area contributed by atoms with Crippen molar-refractivity contribution < 1.29 is 9.47 Å². The van der Waals surface area contributed by atoms with Crippen molar-refractivity contribution in [1.29, 1.82) is 0 Å². The molecule has 0 aromatic heterocycles. The molecule has 1 unspecified atom stereocenters. The van der Waals surface area contributed by atoms with Gasteiger partial charge in [-0.3, -0.25) is 0 Å². The molecule has 6 heteroatoms. The molecule has 0 saturated heterocycles. The van der Waals surface area contributed by atoms with E-state index in [0.717, 1.165) is 42.4 Å². The Bertz CT molecular complexity index is 495. The van der Waals surface area contributed by atoms with E-state index in [9.17, 15) is 0 Å². The van der Waals surface area contributed by atoms with Gasteiger partial charge in [-0.1, -0.05) is 19.9 Å². The van der Waals surface area contributed by atoms with Crippen molar-refractivity contribution in [2.24, 2.45) is 4.99 Å². The lowest BCUT2D eigenvalue weighted by Crippen LogP contribution is -2.41. The van der Waals surface area contributed by atoms with Crippen LogP contribution in [0.1, 0.15) is 46.1 Å². The summed E-state index contributed by atoms with van der Waals surface area (Å²) < 4.78 is 11.1. The van der Waals surface area contributed by atoms with E-state index in [1.807, 2.05) is 18.2 Å². The van der Waals surface area contributed by atoms with Crippen molar-refractivity contribution in [2.45, 2.75) is 53.1 Å². The summed E-state index contributed by atoms with van der Waals surface area (Å²) in [6.07, 6.45) is 2.03. The number of ether oxygens (including phenoxy) is 2. The van der Waals surface area contributed by atoms with Gasteiger partial charge in [0.1, 0.15) is 0 Å². The Morgan fingerprint density at radius 3 is 2.54 bits per heavy atom. The van der Waals surface area contributed by atoms with Gasteiger partial charge in [-0.2, -0.15) is 0 Å². The van der Waals surface area contributed by atoms with Crippen LogP contribution < -0.4 is 20.1 Å². The van der Waals surface area contributed by atoms with E-state index in [1.54, 1.807) is 7.11 Å². The Morgan fingerprint density at radius 1 is 1.21 bits per heavy atom. The minimum atomic E-state index is 0. The molecule has 24 heavy (non-hydrogen) atoms. The Kier molecular flexibility index (Phi) is 12.5. The fourth-order valence-corrected chi connectivity index (χ4v) is 1.97. The van der Waals surface area contributed by atoms with Gasteiger partial charge in [-0.25, -0.2) is 4.99 Å². The number of hydrogen-bond acceptors (Lipinski definition) is 3. The number of nitrogens with one attached hydrogen (secondary N) is 2. The first-order chi connectivity index (χ1) is 11.1. The number of benzene rings is 1. The number of methoxy groups -OCH3 is 1. The zero-order valence-electron chi connectivity index (χ0n) is 15.5. The molecular formula is C18H32IN3O2. The third kappa shape index (κ3) is 8.08. The summed E-state index contributed by atoms with van der Waals surface area (Å²) in [7, 11) is 1.66. The van der Waals surface area contributed by atoms with Crippen LogP contribution in [-0.4, -0.2) is 32.3 Å². The molecule has 1 aromatic rings. The second-order valence-corrected chi connectivity index (χ2v) is 5.48. The van der Waals surface area contributed by atoms with Crippen molar-refractivity contribution >= 4 is 29.9 Å². The van der Waals surface area contributed by atoms with Gasteiger partial charge >= 0.3 is 0 Å². The number of guanidine groups is 1. The topological polar surface area (TPSA) is 54.9 Å². The summed E-state index contributed by atoms with van der Waals surface area (Å²) in [5, 5.41) is 6.66. The average molecular weight is 449 g/mol. The van der Waals surface area contributed by atoms with Crippen LogP contribution in [0.15, 0.2) is 23.2 Å². The van der Waals surface area contributed by atoms with E-state index in [0.29, 0.717) is 19.2 Å². The summed E-state index contributed by atoms with van der Waals surface area (Å²) in [6.45, 7) is 10.6. The molecule has 0 saturated carbocycles. The molecule has 1 atom stereocenters. The first kappa shape index (κ1) is 22.8. The van der Waals surface area contributed by atoms with Crippen molar-refractivity contribution in [3.63, 3.8) is 0 Å². The first-order valence-corrected chi connectivity index (χ1v) is 8.49. The van der Waals surface area contributed by atoms with Gasteiger partial charge in [0.05, 0.1) is 20.3 Å². The fraction of sp³-hybridized carbons (Fsp3) is 0.611. The Labute approximate surface area is 163 Å². The first-order valence-electron chi connectivity index (χ1n) is 8.49. The van der Waals surface area contributed by atoms with Gasteiger partial charge in [0.25, 0.3) is 0 Å². The highest BCUT2D eigenvalue weighted by atomic mass is 127. The molecule has 0 aliphatic rings. The number of rotatable bonds is 9. The van der Waals surface area contributed by atoms with Crippen LogP contribution in [0.25, 0.3) is 0 Å². The highest BCUT2D eigenvalue weighted by Gasteiger charge is 2.06. The maximum Gasteiger partial charge on any atom is 0.191 e. The molecule has 1 aromatic carbocycles. The third-order valence-corrected chi connectivity index (χ3v) is 3.45. The molecule has 0 amide bonds. The molecule has 0 spiro atoms. The average Bonchev–Trinajstić information content (AvgIpc) is 2.58. The zero-order chi connectivity index (χ0) is 17.1. The number of nitrogens with zero attached hydrogens (tertiary/aromatic N) is 1. The highest BCUT2D eigenvalue weighted by Crippen LogP contribution is 2.28. The van der Waals surface area contributed by atoms with Gasteiger partial charge in [0.15, 0.2) is 17.5 Å². The lowest BCUT2D eigenvalue weighted by molar-refractivity contribution is 0.294. The van der Waals surface area contributed by atoms with Crippen molar-refractivity contribution in [1.82, 2.24) is 10.6 Å². The summed E-state index contributed by atoms with van der Waals surface area (Å²) in [5.74, 6) is 2.38. The summed E-state index contributed by atoms with van der Waals surface area (Å²) >= 11 is 0. The molecular weight excluding hydrogens is 417 g/mol. The van der Waals surface area contributed by atoms with Gasteiger partial charge in [0, 0.05) is 12.6 Å². The van der Waals surface area contributed by atoms with Crippen LogP contribution in [0.5, 0.6) is 11.5 Å². The van der Waals surface area contributed by atoms with Crippen LogP contribution in [-0.2, 0) is 6.54 Å². The van der Waals surface area contributed by atoms with Crippen molar-refractivity contribution in [3.05, 3.63) is 23.8 Å². The second-order valence-electron chi connectivity index (χ2n) is 5.48. The maximum atomic E-state index is 5.68. The molecule has 0 radical (unpaired) electrons.